The first kappa shape index (κ1) is 21.9. The van der Waals surface area contributed by atoms with E-state index in [-0.39, 0.29) is 23.0 Å². The van der Waals surface area contributed by atoms with E-state index in [0.29, 0.717) is 10.0 Å². The summed E-state index contributed by atoms with van der Waals surface area (Å²) in [7, 11) is -1.37. The second-order valence-electron chi connectivity index (χ2n) is 6.90. The number of hydrogen-bond donors (Lipinski definition) is 0. The van der Waals surface area contributed by atoms with Crippen LogP contribution in [0.25, 0.3) is 0 Å². The zero-order valence-corrected chi connectivity index (χ0v) is 17.7. The molecule has 1 fully saturated rings. The summed E-state index contributed by atoms with van der Waals surface area (Å²) in [5.41, 5.74) is 1.44. The van der Waals surface area contributed by atoms with E-state index in [1.165, 1.54) is 38.4 Å². The molecule has 30 heavy (non-hydrogen) atoms. The largest absolute Gasteiger partial charge is 0.457 e. The zero-order chi connectivity index (χ0) is 21.7. The monoisotopic (exact) mass is 432 g/mol. The maximum atomic E-state index is 12.4. The van der Waals surface area contributed by atoms with Crippen molar-refractivity contribution in [2.24, 2.45) is 0 Å². The number of ether oxygens (including phenoxy) is 1. The molecule has 1 amide bonds. The fraction of sp³-hybridized carbons (Fsp3) is 0.333. The van der Waals surface area contributed by atoms with E-state index >= 15 is 0 Å². The highest BCUT2D eigenvalue weighted by atomic mass is 32.2. The van der Waals surface area contributed by atoms with Crippen LogP contribution in [0.15, 0.2) is 53.4 Å². The Bertz CT molecular complexity index is 1010. The summed E-state index contributed by atoms with van der Waals surface area (Å²) in [5, 5.41) is 0. The third kappa shape index (κ3) is 4.86. The highest BCUT2D eigenvalue weighted by molar-refractivity contribution is 7.89. The van der Waals surface area contributed by atoms with Gasteiger partial charge in [-0.3, -0.25) is 9.63 Å². The van der Waals surface area contributed by atoms with E-state index in [1.807, 2.05) is 4.90 Å². The number of likely N-dealkylation sites (tertiary alicyclic amines) is 1. The van der Waals surface area contributed by atoms with Crippen molar-refractivity contribution in [1.82, 2.24) is 9.37 Å². The number of esters is 1. The zero-order valence-electron chi connectivity index (χ0n) is 16.9. The van der Waals surface area contributed by atoms with Crippen molar-refractivity contribution in [3.05, 3.63) is 65.2 Å². The van der Waals surface area contributed by atoms with Crippen LogP contribution >= 0.6 is 0 Å². The molecule has 0 aromatic heterocycles. The summed E-state index contributed by atoms with van der Waals surface area (Å²) in [4.78, 5) is 31.2. The van der Waals surface area contributed by atoms with Crippen LogP contribution in [0.1, 0.15) is 39.1 Å². The number of hydroxylamine groups is 1. The molecule has 0 aliphatic carbocycles. The van der Waals surface area contributed by atoms with Gasteiger partial charge in [0.15, 0.2) is 0 Å². The molecule has 1 aliphatic heterocycles. The van der Waals surface area contributed by atoms with E-state index in [0.717, 1.165) is 31.5 Å². The third-order valence-corrected chi connectivity index (χ3v) is 6.60. The molecule has 160 valence electrons. The van der Waals surface area contributed by atoms with Gasteiger partial charge in [-0.2, -0.15) is 0 Å². The minimum atomic E-state index is -3.86. The van der Waals surface area contributed by atoms with E-state index in [9.17, 15) is 18.0 Å². The molecule has 1 saturated heterocycles. The summed E-state index contributed by atoms with van der Waals surface area (Å²) in [6.07, 6.45) is 2.06. The van der Waals surface area contributed by atoms with E-state index in [1.54, 1.807) is 24.3 Å². The number of benzene rings is 2. The minimum absolute atomic E-state index is 0.00592. The van der Waals surface area contributed by atoms with Crippen molar-refractivity contribution in [2.75, 3.05) is 27.2 Å². The molecule has 1 aliphatic rings. The van der Waals surface area contributed by atoms with Crippen molar-refractivity contribution >= 4 is 21.9 Å². The lowest BCUT2D eigenvalue weighted by Crippen LogP contribution is -2.27. The van der Waals surface area contributed by atoms with Crippen molar-refractivity contribution in [3.63, 3.8) is 0 Å². The minimum Gasteiger partial charge on any atom is -0.457 e. The van der Waals surface area contributed by atoms with Crippen molar-refractivity contribution in [1.29, 1.82) is 0 Å². The molecule has 0 unspecified atom stereocenters. The van der Waals surface area contributed by atoms with Gasteiger partial charge in [0.1, 0.15) is 6.61 Å². The average Bonchev–Trinajstić information content (AvgIpc) is 3.31. The molecule has 1 heterocycles. The van der Waals surface area contributed by atoms with E-state index in [4.69, 9.17) is 9.57 Å². The smallest absolute Gasteiger partial charge is 0.338 e. The second kappa shape index (κ2) is 9.38. The van der Waals surface area contributed by atoms with Crippen LogP contribution in [0.4, 0.5) is 0 Å². The molecular formula is C21H24N2O6S. The number of amides is 1. The van der Waals surface area contributed by atoms with Crippen LogP contribution in [-0.4, -0.2) is 56.9 Å². The lowest BCUT2D eigenvalue weighted by atomic mass is 10.1. The SMILES string of the molecule is CON(C)S(=O)(=O)c1cccc(C(=O)OCc2ccc(C(=O)N3CCCC3)cc2)c1. The number of sulfonamides is 1. The van der Waals surface area contributed by atoms with Crippen LogP contribution in [0.5, 0.6) is 0 Å². The molecule has 0 atom stereocenters. The van der Waals surface area contributed by atoms with Crippen molar-refractivity contribution in [3.8, 4) is 0 Å². The Morgan fingerprint density at radius 2 is 1.70 bits per heavy atom. The highest BCUT2D eigenvalue weighted by Gasteiger charge is 2.22. The number of rotatable bonds is 7. The molecule has 9 heteroatoms. The van der Waals surface area contributed by atoms with Crippen LogP contribution in [-0.2, 0) is 26.2 Å². The molecule has 3 rings (SSSR count). The first-order valence-corrected chi connectivity index (χ1v) is 11.0. The fourth-order valence-electron chi connectivity index (χ4n) is 3.11. The normalized spacial score (nSPS) is 14.2. The van der Waals surface area contributed by atoms with Crippen LogP contribution in [0.2, 0.25) is 0 Å². The van der Waals surface area contributed by atoms with Gasteiger partial charge in [-0.15, -0.1) is 0 Å². The number of hydrogen-bond acceptors (Lipinski definition) is 6. The van der Waals surface area contributed by atoms with E-state index < -0.39 is 16.0 Å². The summed E-state index contributed by atoms with van der Waals surface area (Å²) in [6.45, 7) is 1.58. The maximum Gasteiger partial charge on any atom is 0.338 e. The molecule has 0 radical (unpaired) electrons. The quantitative estimate of drug-likeness (QED) is 0.493. The number of nitrogens with zero attached hydrogens (tertiary/aromatic N) is 2. The molecule has 0 spiro atoms. The standard InChI is InChI=1S/C21H24N2O6S/c1-22(28-2)30(26,27)19-7-5-6-18(14-19)21(25)29-15-16-8-10-17(11-9-16)20(24)23-12-3-4-13-23/h5-11,14H,3-4,12-13,15H2,1-2H3. The topological polar surface area (TPSA) is 93.2 Å². The van der Waals surface area contributed by atoms with Gasteiger partial charge < -0.3 is 9.64 Å². The molecule has 0 bridgehead atoms. The average molecular weight is 432 g/mol. The van der Waals surface area contributed by atoms with Gasteiger partial charge in [-0.05, 0) is 48.7 Å². The summed E-state index contributed by atoms with van der Waals surface area (Å²) >= 11 is 0. The summed E-state index contributed by atoms with van der Waals surface area (Å²) in [5.74, 6) is -0.639. The molecule has 2 aromatic rings. The Labute approximate surface area is 176 Å². The molecule has 0 saturated carbocycles. The molecular weight excluding hydrogens is 408 g/mol. The molecule has 8 nitrogen and oxygen atoms in total. The predicted molar refractivity (Wildman–Crippen MR) is 109 cm³/mol. The van der Waals surface area contributed by atoms with Gasteiger partial charge >= 0.3 is 5.97 Å². The van der Waals surface area contributed by atoms with Gasteiger partial charge in [0.05, 0.1) is 17.6 Å². The Hall–Kier alpha value is -2.75. The van der Waals surface area contributed by atoms with Gasteiger partial charge in [0.2, 0.25) is 0 Å². The summed E-state index contributed by atoms with van der Waals surface area (Å²) in [6, 6.07) is 12.5. The lowest BCUT2D eigenvalue weighted by molar-refractivity contribution is -0.0258. The predicted octanol–water partition coefficient (Wildman–Crippen LogP) is 2.46. The Morgan fingerprint density at radius 1 is 1.03 bits per heavy atom. The van der Waals surface area contributed by atoms with Crippen LogP contribution in [0.3, 0.4) is 0 Å². The number of carbonyl (C=O) groups is 2. The second-order valence-corrected chi connectivity index (χ2v) is 8.83. The third-order valence-electron chi connectivity index (χ3n) is 4.93. The van der Waals surface area contributed by atoms with Gasteiger partial charge in [0.25, 0.3) is 15.9 Å². The van der Waals surface area contributed by atoms with Crippen molar-refractivity contribution < 1.29 is 27.6 Å². The first-order valence-electron chi connectivity index (χ1n) is 9.51. The summed E-state index contributed by atoms with van der Waals surface area (Å²) < 4.78 is 30.6. The van der Waals surface area contributed by atoms with Crippen LogP contribution in [0, 0.1) is 0 Å². The Morgan fingerprint density at radius 3 is 2.33 bits per heavy atom. The Balaban J connectivity index is 1.63. The van der Waals surface area contributed by atoms with Gasteiger partial charge in [-0.1, -0.05) is 22.7 Å². The van der Waals surface area contributed by atoms with Gasteiger partial charge in [0, 0.05) is 25.7 Å². The molecule has 2 aromatic carbocycles. The van der Waals surface area contributed by atoms with E-state index in [2.05, 4.69) is 0 Å². The molecule has 0 N–H and O–H groups in total. The fourth-order valence-corrected chi connectivity index (χ4v) is 4.13. The highest BCUT2D eigenvalue weighted by Crippen LogP contribution is 2.18. The lowest BCUT2D eigenvalue weighted by Gasteiger charge is -2.15. The van der Waals surface area contributed by atoms with Crippen molar-refractivity contribution in [2.45, 2.75) is 24.3 Å². The maximum absolute atomic E-state index is 12.4. The Kier molecular flexibility index (Phi) is 6.86. The van der Waals surface area contributed by atoms with Gasteiger partial charge in [-0.25, -0.2) is 13.2 Å². The first-order chi connectivity index (χ1) is 14.3. The number of carbonyl (C=O) groups excluding carboxylic acids is 2. The van der Waals surface area contributed by atoms with Crippen LogP contribution < -0.4 is 0 Å².